The normalized spacial score (nSPS) is 12.5. The number of hydrogen-bond donors (Lipinski definition) is 0. The highest BCUT2D eigenvalue weighted by atomic mass is 19.1. The summed E-state index contributed by atoms with van der Waals surface area (Å²) in [6.07, 6.45) is 1.50. The molecule has 6 heteroatoms. The van der Waals surface area contributed by atoms with Crippen LogP contribution in [0.4, 0.5) is 8.78 Å². The number of fused-ring (bicyclic) bond motifs is 3. The van der Waals surface area contributed by atoms with E-state index < -0.39 is 5.82 Å². The third kappa shape index (κ3) is 3.20. The molecule has 1 atom stereocenters. The molecule has 5 aromatic rings. The van der Waals surface area contributed by atoms with E-state index in [1.54, 1.807) is 33.4 Å². The second-order valence-electron chi connectivity index (χ2n) is 7.58. The monoisotopic (exact) mass is 415 g/mol. The maximum Gasteiger partial charge on any atom is 0.278 e. The first-order chi connectivity index (χ1) is 15.0. The van der Waals surface area contributed by atoms with Gasteiger partial charge in [0.15, 0.2) is 0 Å². The molecule has 0 fully saturated rings. The topological polar surface area (TPSA) is 39.8 Å². The van der Waals surface area contributed by atoms with Crippen LogP contribution >= 0.6 is 0 Å². The maximum absolute atomic E-state index is 14.4. The number of halogens is 2. The Hall–Kier alpha value is -3.80. The molecule has 0 aliphatic heterocycles. The van der Waals surface area contributed by atoms with Gasteiger partial charge in [0.2, 0.25) is 0 Å². The first kappa shape index (κ1) is 19.2. The van der Waals surface area contributed by atoms with Gasteiger partial charge in [-0.1, -0.05) is 48.5 Å². The van der Waals surface area contributed by atoms with Crippen LogP contribution in [0.2, 0.25) is 0 Å². The molecule has 4 nitrogen and oxygen atoms in total. The zero-order valence-electron chi connectivity index (χ0n) is 16.8. The van der Waals surface area contributed by atoms with Crippen molar-refractivity contribution >= 4 is 21.9 Å². The molecule has 0 amide bonds. The van der Waals surface area contributed by atoms with E-state index in [4.69, 9.17) is 0 Å². The van der Waals surface area contributed by atoms with Gasteiger partial charge in [-0.2, -0.15) is 0 Å². The lowest BCUT2D eigenvalue weighted by Crippen LogP contribution is -2.26. The van der Waals surface area contributed by atoms with Gasteiger partial charge in [0.05, 0.1) is 24.4 Å². The zero-order chi connectivity index (χ0) is 21.5. The first-order valence-electron chi connectivity index (χ1n) is 10.0. The molecular formula is C25H19F2N3O. The van der Waals surface area contributed by atoms with Gasteiger partial charge in [0.1, 0.15) is 22.7 Å². The summed E-state index contributed by atoms with van der Waals surface area (Å²) in [5.41, 5.74) is 2.52. The van der Waals surface area contributed by atoms with E-state index in [0.29, 0.717) is 27.5 Å². The standard InChI is InChI=1S/C25H19F2N3O/c1-16(17-7-3-2-4-8-17)30-15-28-23-20-13-19(26)11-12-22(20)29(24(23)25(30)31)14-18-9-5-6-10-21(18)27/h2-13,15-16H,14H2,1H3. The summed E-state index contributed by atoms with van der Waals surface area (Å²) < 4.78 is 31.7. The van der Waals surface area contributed by atoms with Crippen molar-refractivity contribution in [2.24, 2.45) is 0 Å². The summed E-state index contributed by atoms with van der Waals surface area (Å²) in [5, 5.41) is 0.531. The minimum atomic E-state index is -0.416. The van der Waals surface area contributed by atoms with Crippen LogP contribution in [0.25, 0.3) is 21.9 Å². The van der Waals surface area contributed by atoms with Crippen LogP contribution in [0.1, 0.15) is 24.1 Å². The van der Waals surface area contributed by atoms with Gasteiger partial charge in [0.25, 0.3) is 5.56 Å². The molecule has 0 saturated heterocycles. The highest BCUT2D eigenvalue weighted by molar-refractivity contribution is 6.05. The van der Waals surface area contributed by atoms with Gasteiger partial charge in [-0.05, 0) is 36.8 Å². The van der Waals surface area contributed by atoms with Crippen molar-refractivity contribution in [2.75, 3.05) is 0 Å². The van der Waals surface area contributed by atoms with Gasteiger partial charge in [-0.15, -0.1) is 0 Å². The van der Waals surface area contributed by atoms with Gasteiger partial charge in [0, 0.05) is 10.9 Å². The fraction of sp³-hybridized carbons (Fsp3) is 0.120. The first-order valence-corrected chi connectivity index (χ1v) is 10.0. The van der Waals surface area contributed by atoms with E-state index in [9.17, 15) is 13.6 Å². The molecular weight excluding hydrogens is 396 g/mol. The third-order valence-corrected chi connectivity index (χ3v) is 5.73. The van der Waals surface area contributed by atoms with Crippen LogP contribution in [0.15, 0.2) is 83.9 Å². The van der Waals surface area contributed by atoms with Gasteiger partial charge in [-0.25, -0.2) is 13.8 Å². The van der Waals surface area contributed by atoms with Gasteiger partial charge < -0.3 is 4.57 Å². The van der Waals surface area contributed by atoms with Crippen molar-refractivity contribution in [1.82, 2.24) is 14.1 Å². The molecule has 0 aliphatic rings. The van der Waals surface area contributed by atoms with Crippen molar-refractivity contribution in [3.05, 3.63) is 112 Å². The summed E-state index contributed by atoms with van der Waals surface area (Å²) in [4.78, 5) is 18.1. The SMILES string of the molecule is CC(c1ccccc1)n1cnc2c3cc(F)ccc3n(Cc3ccccc3F)c2c1=O. The van der Waals surface area contributed by atoms with Crippen LogP contribution in [0.3, 0.4) is 0 Å². The molecule has 3 aromatic carbocycles. The molecule has 2 aromatic heterocycles. The van der Waals surface area contributed by atoms with E-state index in [1.165, 1.54) is 24.5 Å². The van der Waals surface area contributed by atoms with Crippen molar-refractivity contribution < 1.29 is 8.78 Å². The lowest BCUT2D eigenvalue weighted by molar-refractivity contribution is 0.597. The maximum atomic E-state index is 14.4. The lowest BCUT2D eigenvalue weighted by atomic mass is 10.1. The zero-order valence-corrected chi connectivity index (χ0v) is 16.8. The predicted octanol–water partition coefficient (Wildman–Crippen LogP) is 5.29. The minimum absolute atomic E-state index is 0.138. The van der Waals surface area contributed by atoms with Crippen molar-refractivity contribution in [3.63, 3.8) is 0 Å². The average molecular weight is 415 g/mol. The smallest absolute Gasteiger partial charge is 0.278 e. The molecule has 31 heavy (non-hydrogen) atoms. The fourth-order valence-electron chi connectivity index (χ4n) is 4.08. The highest BCUT2D eigenvalue weighted by Crippen LogP contribution is 2.28. The number of benzene rings is 3. The second kappa shape index (κ2) is 7.47. The molecule has 0 radical (unpaired) electrons. The lowest BCUT2D eigenvalue weighted by Gasteiger charge is -2.16. The molecule has 1 unspecified atom stereocenters. The van der Waals surface area contributed by atoms with Gasteiger partial charge in [-0.3, -0.25) is 9.36 Å². The van der Waals surface area contributed by atoms with Gasteiger partial charge >= 0.3 is 0 Å². The molecule has 154 valence electrons. The quantitative estimate of drug-likeness (QED) is 0.400. The number of hydrogen-bond acceptors (Lipinski definition) is 2. The van der Waals surface area contributed by atoms with Crippen LogP contribution in [-0.2, 0) is 6.54 Å². The Balaban J connectivity index is 1.79. The van der Waals surface area contributed by atoms with E-state index in [0.717, 1.165) is 5.56 Å². The molecule has 0 bridgehead atoms. The van der Waals surface area contributed by atoms with E-state index in [2.05, 4.69) is 4.98 Å². The average Bonchev–Trinajstić information content (AvgIpc) is 3.09. The van der Waals surface area contributed by atoms with E-state index >= 15 is 0 Å². The number of rotatable bonds is 4. The van der Waals surface area contributed by atoms with Crippen LogP contribution in [-0.4, -0.2) is 14.1 Å². The third-order valence-electron chi connectivity index (χ3n) is 5.73. The molecule has 0 N–H and O–H groups in total. The van der Waals surface area contributed by atoms with E-state index in [1.807, 2.05) is 37.3 Å². The Labute approximate surface area is 177 Å². The summed E-state index contributed by atoms with van der Waals surface area (Å²) in [7, 11) is 0. The molecule has 0 saturated carbocycles. The van der Waals surface area contributed by atoms with Crippen LogP contribution in [0, 0.1) is 11.6 Å². The second-order valence-corrected chi connectivity index (χ2v) is 7.58. The largest absolute Gasteiger partial charge is 0.330 e. The Morgan fingerprint density at radius 2 is 1.71 bits per heavy atom. The number of aromatic nitrogens is 3. The highest BCUT2D eigenvalue weighted by Gasteiger charge is 2.20. The number of nitrogens with zero attached hydrogens (tertiary/aromatic N) is 3. The molecule has 2 heterocycles. The Bertz CT molecular complexity index is 1470. The Morgan fingerprint density at radius 1 is 0.968 bits per heavy atom. The Kier molecular flexibility index (Phi) is 4.62. The van der Waals surface area contributed by atoms with Crippen molar-refractivity contribution in [3.8, 4) is 0 Å². The Morgan fingerprint density at radius 3 is 2.48 bits per heavy atom. The van der Waals surface area contributed by atoms with E-state index in [-0.39, 0.29) is 24.0 Å². The molecule has 0 aliphatic carbocycles. The predicted molar refractivity (Wildman–Crippen MR) is 117 cm³/mol. The fourth-order valence-corrected chi connectivity index (χ4v) is 4.08. The summed E-state index contributed by atoms with van der Waals surface area (Å²) >= 11 is 0. The van der Waals surface area contributed by atoms with Crippen molar-refractivity contribution in [1.29, 1.82) is 0 Å². The minimum Gasteiger partial charge on any atom is -0.330 e. The summed E-state index contributed by atoms with van der Waals surface area (Å²) in [5.74, 6) is -0.775. The molecule has 5 rings (SSSR count). The summed E-state index contributed by atoms with van der Waals surface area (Å²) in [6, 6.07) is 20.2. The van der Waals surface area contributed by atoms with Crippen molar-refractivity contribution in [2.45, 2.75) is 19.5 Å². The molecule has 0 spiro atoms. The summed E-state index contributed by atoms with van der Waals surface area (Å²) in [6.45, 7) is 2.06. The van der Waals surface area contributed by atoms with Crippen LogP contribution < -0.4 is 5.56 Å². The van der Waals surface area contributed by atoms with Crippen LogP contribution in [0.5, 0.6) is 0 Å².